The molecule has 0 spiro atoms. The zero-order valence-electron chi connectivity index (χ0n) is 7.95. The Kier molecular flexibility index (Phi) is 5.85. The molecule has 0 aliphatic heterocycles. The summed E-state index contributed by atoms with van der Waals surface area (Å²) in [5, 5.41) is 0. The fraction of sp³-hybridized carbons (Fsp3) is 0.222. The van der Waals surface area contributed by atoms with Crippen molar-refractivity contribution in [3.63, 3.8) is 0 Å². The second-order valence-corrected chi connectivity index (χ2v) is 3.84. The lowest BCUT2D eigenvalue weighted by molar-refractivity contribution is -0.0328. The molecule has 1 aromatic carbocycles. The topological polar surface area (TPSA) is 43.1 Å². The van der Waals surface area contributed by atoms with Gasteiger partial charge in [-0.1, -0.05) is 12.1 Å². The molecule has 0 radical (unpaired) electrons. The van der Waals surface area contributed by atoms with Crippen LogP contribution in [0.5, 0.6) is 0 Å². The molecular formula is C9H9ClF3NOS. The number of nitrogens with two attached hydrogens (primary N) is 1. The molecule has 0 aliphatic carbocycles. The monoisotopic (exact) mass is 271 g/mol. The number of benzene rings is 1. The van der Waals surface area contributed by atoms with Crippen LogP contribution in [0.2, 0.25) is 0 Å². The van der Waals surface area contributed by atoms with Crippen molar-refractivity contribution >= 4 is 30.0 Å². The number of thioether (sulfide) groups is 1. The molecule has 7 heteroatoms. The summed E-state index contributed by atoms with van der Waals surface area (Å²) in [5.41, 5.74) is 1.13. The van der Waals surface area contributed by atoms with Crippen LogP contribution in [-0.2, 0) is 0 Å². The van der Waals surface area contributed by atoms with Crippen LogP contribution in [0.3, 0.4) is 0 Å². The largest absolute Gasteiger partial charge is 0.446 e. The van der Waals surface area contributed by atoms with Crippen LogP contribution in [0.15, 0.2) is 29.2 Å². The van der Waals surface area contributed by atoms with Gasteiger partial charge in [0, 0.05) is 10.5 Å². The molecule has 0 aromatic heterocycles. The van der Waals surface area contributed by atoms with Gasteiger partial charge in [-0.05, 0) is 23.9 Å². The molecule has 0 aliphatic rings. The van der Waals surface area contributed by atoms with E-state index < -0.39 is 5.51 Å². The quantitative estimate of drug-likeness (QED) is 0.679. The van der Waals surface area contributed by atoms with Crippen molar-refractivity contribution in [2.75, 3.05) is 6.54 Å². The highest BCUT2D eigenvalue weighted by Crippen LogP contribution is 2.36. The molecule has 2 nitrogen and oxygen atoms in total. The number of carbonyl (C=O) groups is 1. The molecule has 1 rings (SSSR count). The molecule has 2 N–H and O–H groups in total. The summed E-state index contributed by atoms with van der Waals surface area (Å²) in [7, 11) is 0. The van der Waals surface area contributed by atoms with E-state index in [0.717, 1.165) is 0 Å². The summed E-state index contributed by atoms with van der Waals surface area (Å²) >= 11 is -0.214. The van der Waals surface area contributed by atoms with Crippen LogP contribution in [0, 0.1) is 0 Å². The predicted molar refractivity (Wildman–Crippen MR) is 59.0 cm³/mol. The smallest absolute Gasteiger partial charge is 0.324 e. The van der Waals surface area contributed by atoms with Crippen LogP contribution >= 0.6 is 24.2 Å². The highest BCUT2D eigenvalue weighted by molar-refractivity contribution is 8.00. The fourth-order valence-corrected chi connectivity index (χ4v) is 1.50. The van der Waals surface area contributed by atoms with Gasteiger partial charge in [0.1, 0.15) is 0 Å². The van der Waals surface area contributed by atoms with E-state index in [0.29, 0.717) is 5.56 Å². The van der Waals surface area contributed by atoms with E-state index in [4.69, 9.17) is 5.73 Å². The van der Waals surface area contributed by atoms with Crippen molar-refractivity contribution in [2.24, 2.45) is 5.73 Å². The third-order valence-electron chi connectivity index (χ3n) is 1.60. The number of halogens is 4. The molecule has 0 unspecified atom stereocenters. The summed E-state index contributed by atoms with van der Waals surface area (Å²) in [6.45, 7) is -0.147. The first-order chi connectivity index (χ1) is 6.92. The molecule has 16 heavy (non-hydrogen) atoms. The highest BCUT2D eigenvalue weighted by Gasteiger charge is 2.29. The Hall–Kier alpha value is -0.720. The van der Waals surface area contributed by atoms with Crippen LogP contribution in [0.4, 0.5) is 13.2 Å². The van der Waals surface area contributed by atoms with E-state index in [1.807, 2.05) is 0 Å². The average molecular weight is 272 g/mol. The minimum absolute atomic E-state index is 0. The minimum atomic E-state index is -4.31. The molecule has 1 aromatic rings. The first-order valence-corrected chi connectivity index (χ1v) is 4.83. The number of hydrogen-bond donors (Lipinski definition) is 1. The van der Waals surface area contributed by atoms with Gasteiger partial charge in [-0.15, -0.1) is 12.4 Å². The molecule has 0 saturated carbocycles. The Morgan fingerprint density at radius 2 is 1.75 bits per heavy atom. The third kappa shape index (κ3) is 4.87. The summed E-state index contributed by atoms with van der Waals surface area (Å²) in [4.78, 5) is 11.1. The third-order valence-corrected chi connectivity index (χ3v) is 2.33. The van der Waals surface area contributed by atoms with Crippen molar-refractivity contribution in [3.8, 4) is 0 Å². The second-order valence-electron chi connectivity index (χ2n) is 2.70. The van der Waals surface area contributed by atoms with E-state index in [1.165, 1.54) is 24.3 Å². The molecule has 90 valence electrons. The van der Waals surface area contributed by atoms with Gasteiger partial charge >= 0.3 is 5.51 Å². The van der Waals surface area contributed by atoms with Gasteiger partial charge in [-0.25, -0.2) is 0 Å². The number of rotatable bonds is 3. The second kappa shape index (κ2) is 6.12. The van der Waals surface area contributed by atoms with Crippen molar-refractivity contribution in [3.05, 3.63) is 29.8 Å². The Morgan fingerprint density at radius 3 is 2.12 bits per heavy atom. The lowest BCUT2D eigenvalue weighted by Crippen LogP contribution is -2.13. The van der Waals surface area contributed by atoms with Crippen LogP contribution < -0.4 is 5.73 Å². The molecular weight excluding hydrogens is 263 g/mol. The molecule has 0 amide bonds. The molecule has 0 atom stereocenters. The summed E-state index contributed by atoms with van der Waals surface area (Å²) in [6, 6.07) is 5.18. The van der Waals surface area contributed by atoms with Crippen LogP contribution in [0.1, 0.15) is 10.4 Å². The molecule has 0 bridgehead atoms. The maximum Gasteiger partial charge on any atom is 0.446 e. The lowest BCUT2D eigenvalue weighted by atomic mass is 10.1. The number of ketones is 1. The van der Waals surface area contributed by atoms with Gasteiger partial charge in [0.15, 0.2) is 5.78 Å². The van der Waals surface area contributed by atoms with Crippen molar-refractivity contribution in [1.29, 1.82) is 0 Å². The predicted octanol–water partition coefficient (Wildman–Crippen LogP) is 2.86. The van der Waals surface area contributed by atoms with Crippen LogP contribution in [-0.4, -0.2) is 17.8 Å². The first kappa shape index (κ1) is 15.3. The zero-order valence-corrected chi connectivity index (χ0v) is 9.59. The molecule has 0 heterocycles. The number of Topliss-reactive ketones (excluding diaryl/α,β-unsaturated/α-hetero) is 1. The van der Waals surface area contributed by atoms with E-state index in [9.17, 15) is 18.0 Å². The molecule has 0 saturated heterocycles. The van der Waals surface area contributed by atoms with E-state index in [2.05, 4.69) is 0 Å². The molecule has 0 fully saturated rings. The SMILES string of the molecule is Cl.NCC(=O)c1ccc(SC(F)(F)F)cc1. The Morgan fingerprint density at radius 1 is 1.25 bits per heavy atom. The summed E-state index contributed by atoms with van der Waals surface area (Å²) in [5.74, 6) is -0.293. The average Bonchev–Trinajstić information content (AvgIpc) is 2.15. The fourth-order valence-electron chi connectivity index (χ4n) is 0.960. The van der Waals surface area contributed by atoms with Gasteiger partial charge < -0.3 is 5.73 Å². The number of hydrogen-bond acceptors (Lipinski definition) is 3. The lowest BCUT2D eigenvalue weighted by Gasteiger charge is -2.05. The number of alkyl halides is 3. The van der Waals surface area contributed by atoms with Gasteiger partial charge in [0.05, 0.1) is 6.54 Å². The van der Waals surface area contributed by atoms with Gasteiger partial charge in [-0.2, -0.15) is 13.2 Å². The van der Waals surface area contributed by atoms with E-state index >= 15 is 0 Å². The van der Waals surface area contributed by atoms with Gasteiger partial charge in [0.2, 0.25) is 0 Å². The van der Waals surface area contributed by atoms with Gasteiger partial charge in [-0.3, -0.25) is 4.79 Å². The maximum atomic E-state index is 11.9. The highest BCUT2D eigenvalue weighted by atomic mass is 35.5. The minimum Gasteiger partial charge on any atom is -0.324 e. The normalized spacial score (nSPS) is 10.8. The Labute approximate surface area is 101 Å². The Balaban J connectivity index is 0.00000225. The van der Waals surface area contributed by atoms with Crippen LogP contribution in [0.25, 0.3) is 0 Å². The maximum absolute atomic E-state index is 11.9. The van der Waals surface area contributed by atoms with E-state index in [-0.39, 0.29) is 41.4 Å². The van der Waals surface area contributed by atoms with Crippen molar-refractivity contribution in [1.82, 2.24) is 0 Å². The first-order valence-electron chi connectivity index (χ1n) is 4.01. The summed E-state index contributed by atoms with van der Waals surface area (Å²) in [6.07, 6.45) is 0. The summed E-state index contributed by atoms with van der Waals surface area (Å²) < 4.78 is 35.8. The van der Waals surface area contributed by atoms with Gasteiger partial charge in [0.25, 0.3) is 0 Å². The van der Waals surface area contributed by atoms with E-state index in [1.54, 1.807) is 0 Å². The number of carbonyl (C=O) groups excluding carboxylic acids is 1. The Bertz CT molecular complexity index is 353. The van der Waals surface area contributed by atoms with Crippen molar-refractivity contribution in [2.45, 2.75) is 10.4 Å². The van der Waals surface area contributed by atoms with Crippen molar-refractivity contribution < 1.29 is 18.0 Å². The zero-order chi connectivity index (χ0) is 11.5. The standard InChI is InChI=1S/C9H8F3NOS.ClH/c10-9(11,12)15-7-3-1-6(2-4-7)8(14)5-13;/h1-4H,5,13H2;1H.